The molecule has 2 saturated heterocycles. The Kier molecular flexibility index (Phi) is 3.99. The molecule has 0 spiro atoms. The van der Waals surface area contributed by atoms with Crippen molar-refractivity contribution in [3.63, 3.8) is 0 Å². The highest BCUT2D eigenvalue weighted by Crippen LogP contribution is 2.21. The number of benzene rings is 1. The number of nitrogens with zero attached hydrogens (tertiary/aromatic N) is 2. The normalized spacial score (nSPS) is 25.5. The summed E-state index contributed by atoms with van der Waals surface area (Å²) in [5.41, 5.74) is 0.754. The summed E-state index contributed by atoms with van der Waals surface area (Å²) in [7, 11) is 0. The molecule has 2 heterocycles. The molecule has 1 N–H and O–H groups in total. The van der Waals surface area contributed by atoms with Gasteiger partial charge in [-0.25, -0.2) is 4.39 Å². The number of hydrogen-bond acceptors (Lipinski definition) is 3. The molecule has 3 rings (SSSR count). The van der Waals surface area contributed by atoms with Crippen molar-refractivity contribution in [3.05, 3.63) is 30.1 Å². The molecule has 1 aromatic carbocycles. The van der Waals surface area contributed by atoms with Crippen LogP contribution >= 0.6 is 0 Å². The van der Waals surface area contributed by atoms with Crippen LogP contribution in [0.25, 0.3) is 0 Å². The largest absolute Gasteiger partial charge is 0.367 e. The standard InChI is InChI=1S/C15H22FN3/c16-14-5-1-2-6-15(14)19-10-8-18(9-11-19)13-4-3-7-17-12-13/h1-2,5-6,13,17H,3-4,7-12H2. The maximum Gasteiger partial charge on any atom is 0.146 e. The molecule has 3 nitrogen and oxygen atoms in total. The van der Waals surface area contributed by atoms with Gasteiger partial charge in [0.1, 0.15) is 5.82 Å². The first kappa shape index (κ1) is 12.9. The fourth-order valence-corrected chi connectivity index (χ4v) is 3.18. The van der Waals surface area contributed by atoms with Crippen LogP contribution in [0.1, 0.15) is 12.8 Å². The highest BCUT2D eigenvalue weighted by atomic mass is 19.1. The van der Waals surface area contributed by atoms with Gasteiger partial charge in [0.2, 0.25) is 0 Å². The fraction of sp³-hybridized carbons (Fsp3) is 0.600. The lowest BCUT2D eigenvalue weighted by Crippen LogP contribution is -2.54. The van der Waals surface area contributed by atoms with Crippen LogP contribution in [0, 0.1) is 5.82 Å². The van der Waals surface area contributed by atoms with Gasteiger partial charge < -0.3 is 10.2 Å². The van der Waals surface area contributed by atoms with E-state index in [1.807, 2.05) is 12.1 Å². The van der Waals surface area contributed by atoms with E-state index < -0.39 is 0 Å². The van der Waals surface area contributed by atoms with Crippen molar-refractivity contribution in [2.45, 2.75) is 18.9 Å². The molecule has 2 aliphatic rings. The molecule has 1 aromatic rings. The summed E-state index contributed by atoms with van der Waals surface area (Å²) in [5, 5.41) is 3.47. The molecule has 0 bridgehead atoms. The minimum absolute atomic E-state index is 0.102. The monoisotopic (exact) mass is 263 g/mol. The topological polar surface area (TPSA) is 18.5 Å². The molecule has 0 saturated carbocycles. The molecule has 4 heteroatoms. The number of halogens is 1. The van der Waals surface area contributed by atoms with E-state index in [9.17, 15) is 4.39 Å². The van der Waals surface area contributed by atoms with Crippen molar-refractivity contribution in [1.82, 2.24) is 10.2 Å². The molecule has 2 aliphatic heterocycles. The molecule has 0 amide bonds. The molecular formula is C15H22FN3. The number of nitrogens with one attached hydrogen (secondary N) is 1. The van der Waals surface area contributed by atoms with Crippen LogP contribution in [-0.4, -0.2) is 50.2 Å². The van der Waals surface area contributed by atoms with Crippen molar-refractivity contribution in [1.29, 1.82) is 0 Å². The third kappa shape index (κ3) is 2.90. The van der Waals surface area contributed by atoms with Crippen LogP contribution in [0.5, 0.6) is 0 Å². The second-order valence-electron chi connectivity index (χ2n) is 5.47. The van der Waals surface area contributed by atoms with Crippen molar-refractivity contribution >= 4 is 5.69 Å². The zero-order valence-electron chi connectivity index (χ0n) is 11.3. The average molecular weight is 263 g/mol. The zero-order chi connectivity index (χ0) is 13.1. The van der Waals surface area contributed by atoms with E-state index in [1.165, 1.54) is 12.8 Å². The fourth-order valence-electron chi connectivity index (χ4n) is 3.18. The average Bonchev–Trinajstić information content (AvgIpc) is 2.49. The van der Waals surface area contributed by atoms with Gasteiger partial charge in [0.25, 0.3) is 0 Å². The molecule has 0 aliphatic carbocycles. The minimum atomic E-state index is -0.102. The van der Waals surface area contributed by atoms with Crippen LogP contribution in [0.3, 0.4) is 0 Å². The van der Waals surface area contributed by atoms with Gasteiger partial charge >= 0.3 is 0 Å². The third-order valence-corrected chi connectivity index (χ3v) is 4.29. The Morgan fingerprint density at radius 1 is 1.11 bits per heavy atom. The summed E-state index contributed by atoms with van der Waals surface area (Å²) in [5.74, 6) is -0.102. The Bertz CT molecular complexity index is 410. The molecule has 1 atom stereocenters. The lowest BCUT2D eigenvalue weighted by atomic mass is 10.0. The first-order chi connectivity index (χ1) is 9.34. The molecule has 0 radical (unpaired) electrons. The maximum atomic E-state index is 13.8. The molecular weight excluding hydrogens is 241 g/mol. The van der Waals surface area contributed by atoms with E-state index in [0.717, 1.165) is 45.0 Å². The van der Waals surface area contributed by atoms with Gasteiger partial charge in [-0.1, -0.05) is 12.1 Å². The molecule has 19 heavy (non-hydrogen) atoms. The van der Waals surface area contributed by atoms with Crippen LogP contribution in [0.15, 0.2) is 24.3 Å². The Hall–Kier alpha value is -1.13. The van der Waals surface area contributed by atoms with E-state index in [0.29, 0.717) is 6.04 Å². The van der Waals surface area contributed by atoms with E-state index in [1.54, 1.807) is 12.1 Å². The second-order valence-corrected chi connectivity index (χ2v) is 5.47. The number of piperidine rings is 1. The van der Waals surface area contributed by atoms with Crippen LogP contribution in [0.2, 0.25) is 0 Å². The van der Waals surface area contributed by atoms with E-state index in [4.69, 9.17) is 0 Å². The second kappa shape index (κ2) is 5.88. The summed E-state index contributed by atoms with van der Waals surface area (Å²) >= 11 is 0. The summed E-state index contributed by atoms with van der Waals surface area (Å²) in [6.07, 6.45) is 2.57. The zero-order valence-corrected chi connectivity index (χ0v) is 11.3. The van der Waals surface area contributed by atoms with Gasteiger partial charge in [-0.15, -0.1) is 0 Å². The number of piperazine rings is 1. The predicted molar refractivity (Wildman–Crippen MR) is 76.1 cm³/mol. The van der Waals surface area contributed by atoms with Crippen molar-refractivity contribution in [2.75, 3.05) is 44.2 Å². The number of para-hydroxylation sites is 1. The Morgan fingerprint density at radius 3 is 2.58 bits per heavy atom. The Balaban J connectivity index is 1.58. The highest BCUT2D eigenvalue weighted by molar-refractivity contribution is 5.48. The Morgan fingerprint density at radius 2 is 1.89 bits per heavy atom. The van der Waals surface area contributed by atoms with Gasteiger partial charge in [0, 0.05) is 38.8 Å². The molecule has 2 fully saturated rings. The van der Waals surface area contributed by atoms with Gasteiger partial charge in [0.05, 0.1) is 5.69 Å². The van der Waals surface area contributed by atoms with Crippen molar-refractivity contribution < 1.29 is 4.39 Å². The summed E-state index contributed by atoms with van der Waals surface area (Å²) in [6, 6.07) is 7.77. The predicted octanol–water partition coefficient (Wildman–Crippen LogP) is 1.70. The smallest absolute Gasteiger partial charge is 0.146 e. The highest BCUT2D eigenvalue weighted by Gasteiger charge is 2.25. The minimum Gasteiger partial charge on any atom is -0.367 e. The SMILES string of the molecule is Fc1ccccc1N1CCN(C2CCCNC2)CC1. The first-order valence-electron chi connectivity index (χ1n) is 7.29. The van der Waals surface area contributed by atoms with Crippen molar-refractivity contribution in [2.24, 2.45) is 0 Å². The molecule has 0 aromatic heterocycles. The van der Waals surface area contributed by atoms with Crippen molar-refractivity contribution in [3.8, 4) is 0 Å². The van der Waals surface area contributed by atoms with Crippen LogP contribution in [-0.2, 0) is 0 Å². The summed E-state index contributed by atoms with van der Waals surface area (Å²) < 4.78 is 13.8. The lowest BCUT2D eigenvalue weighted by Gasteiger charge is -2.41. The van der Waals surface area contributed by atoms with Crippen LogP contribution in [0.4, 0.5) is 10.1 Å². The van der Waals surface area contributed by atoms with Crippen LogP contribution < -0.4 is 10.2 Å². The van der Waals surface area contributed by atoms with E-state index >= 15 is 0 Å². The number of hydrogen-bond donors (Lipinski definition) is 1. The number of rotatable bonds is 2. The quantitative estimate of drug-likeness (QED) is 0.876. The van der Waals surface area contributed by atoms with E-state index in [-0.39, 0.29) is 5.82 Å². The maximum absolute atomic E-state index is 13.8. The van der Waals surface area contributed by atoms with Gasteiger partial charge in [-0.05, 0) is 31.5 Å². The van der Waals surface area contributed by atoms with Gasteiger partial charge in [0.15, 0.2) is 0 Å². The molecule has 1 unspecified atom stereocenters. The van der Waals surface area contributed by atoms with Gasteiger partial charge in [-0.2, -0.15) is 0 Å². The number of anilines is 1. The summed E-state index contributed by atoms with van der Waals surface area (Å²) in [4.78, 5) is 4.73. The third-order valence-electron chi connectivity index (χ3n) is 4.29. The molecule has 104 valence electrons. The first-order valence-corrected chi connectivity index (χ1v) is 7.29. The lowest BCUT2D eigenvalue weighted by molar-refractivity contribution is 0.157. The van der Waals surface area contributed by atoms with E-state index in [2.05, 4.69) is 15.1 Å². The Labute approximate surface area is 114 Å². The summed E-state index contributed by atoms with van der Waals surface area (Å²) in [6.45, 7) is 6.21. The van der Waals surface area contributed by atoms with Gasteiger partial charge in [-0.3, -0.25) is 4.90 Å².